The van der Waals surface area contributed by atoms with Crippen LogP contribution < -0.4 is 5.32 Å². The van der Waals surface area contributed by atoms with Crippen molar-refractivity contribution < 1.29 is 4.79 Å². The van der Waals surface area contributed by atoms with Gasteiger partial charge in [0.2, 0.25) is 5.91 Å². The van der Waals surface area contributed by atoms with E-state index in [1.54, 1.807) is 0 Å². The third-order valence-corrected chi connectivity index (χ3v) is 1.67. The normalized spacial score (nSPS) is 9.30. The van der Waals surface area contributed by atoms with Crippen molar-refractivity contribution in [1.29, 1.82) is 0 Å². The van der Waals surface area contributed by atoms with Crippen LogP contribution in [0.4, 0.5) is 0 Å². The fraction of sp³-hybridized carbons (Fsp3) is 0.143. The molecule has 1 aromatic heterocycles. The van der Waals surface area contributed by atoms with Crippen molar-refractivity contribution >= 4 is 17.2 Å². The van der Waals surface area contributed by atoms with Gasteiger partial charge in [0.25, 0.3) is 0 Å². The molecule has 2 nitrogen and oxygen atoms in total. The van der Waals surface area contributed by atoms with Crippen LogP contribution in [0.2, 0.25) is 0 Å². The molecule has 1 heterocycles. The quantitative estimate of drug-likeness (QED) is 0.637. The van der Waals surface area contributed by atoms with Crippen molar-refractivity contribution in [2.24, 2.45) is 0 Å². The van der Waals surface area contributed by atoms with Crippen molar-refractivity contribution in [2.75, 3.05) is 0 Å². The van der Waals surface area contributed by atoms with Gasteiger partial charge in [-0.3, -0.25) is 4.79 Å². The van der Waals surface area contributed by atoms with Crippen LogP contribution in [0.25, 0.3) is 0 Å². The molecule has 0 spiro atoms. The molecule has 10 heavy (non-hydrogen) atoms. The molecular weight excluding hydrogens is 146 g/mol. The Kier molecular flexibility index (Phi) is 2.45. The average molecular weight is 153 g/mol. The summed E-state index contributed by atoms with van der Waals surface area (Å²) >= 11 is 1.54. The van der Waals surface area contributed by atoms with Crippen molar-refractivity contribution in [3.63, 3.8) is 0 Å². The fourth-order valence-electron chi connectivity index (χ4n) is 0.499. The fourth-order valence-corrected chi connectivity index (χ4v) is 1.07. The van der Waals surface area contributed by atoms with E-state index < -0.39 is 0 Å². The van der Waals surface area contributed by atoms with Gasteiger partial charge in [-0.25, -0.2) is 0 Å². The number of hydrogen-bond acceptors (Lipinski definition) is 2. The van der Waals surface area contributed by atoms with E-state index in [1.807, 2.05) is 17.5 Å². The number of thiophene rings is 1. The Morgan fingerprint density at radius 2 is 2.60 bits per heavy atom. The zero-order chi connectivity index (χ0) is 7.40. The molecule has 1 rings (SSSR count). The Morgan fingerprint density at radius 3 is 3.10 bits per heavy atom. The lowest BCUT2D eigenvalue weighted by molar-refractivity contribution is -0.118. The van der Waals surface area contributed by atoms with Crippen LogP contribution in [0.1, 0.15) is 11.8 Å². The second-order valence-electron chi connectivity index (χ2n) is 1.78. The summed E-state index contributed by atoms with van der Waals surface area (Å²) in [5.41, 5.74) is 0. The molecule has 0 aromatic carbocycles. The molecule has 1 amide bonds. The second-order valence-corrected chi connectivity index (χ2v) is 2.73. The molecule has 1 aromatic rings. The summed E-state index contributed by atoms with van der Waals surface area (Å²) in [6.45, 7) is 4.20. The van der Waals surface area contributed by atoms with E-state index in [9.17, 15) is 4.79 Å². The predicted octanol–water partition coefficient (Wildman–Crippen LogP) is 1.27. The minimum Gasteiger partial charge on any atom is -0.341 e. The highest BCUT2D eigenvalue weighted by atomic mass is 32.1. The number of carbonyl (C=O) groups excluding carboxylic acids is 1. The van der Waals surface area contributed by atoms with Gasteiger partial charge in [0.05, 0.1) is 0 Å². The molecule has 0 saturated carbocycles. The van der Waals surface area contributed by atoms with E-state index in [0.717, 1.165) is 4.88 Å². The standard InChI is InChI=1S/C7H7NOS/c1-6(9)8-5-7-3-2-4-10-7/h2-4H,1H3,(H,8,9). The SMILES string of the molecule is CC(=O)N[C]c1cccs1. The van der Waals surface area contributed by atoms with Crippen molar-refractivity contribution in [3.8, 4) is 0 Å². The van der Waals surface area contributed by atoms with Crippen LogP contribution in [0, 0.1) is 6.54 Å². The zero-order valence-electron chi connectivity index (χ0n) is 5.55. The molecule has 0 aliphatic carbocycles. The van der Waals surface area contributed by atoms with Crippen molar-refractivity contribution in [3.05, 3.63) is 28.9 Å². The molecular formula is C7H7NOS. The highest BCUT2D eigenvalue weighted by Crippen LogP contribution is 2.08. The van der Waals surface area contributed by atoms with E-state index in [0.29, 0.717) is 0 Å². The van der Waals surface area contributed by atoms with Crippen LogP contribution in [0.3, 0.4) is 0 Å². The number of amides is 1. The van der Waals surface area contributed by atoms with Gasteiger partial charge in [0, 0.05) is 11.8 Å². The Balaban J connectivity index is 2.35. The molecule has 0 atom stereocenters. The summed E-state index contributed by atoms with van der Waals surface area (Å²) in [6.07, 6.45) is 0. The molecule has 0 saturated heterocycles. The molecule has 0 aliphatic rings. The Bertz CT molecular complexity index is 205. The molecule has 0 bridgehead atoms. The maximum atomic E-state index is 10.4. The lowest BCUT2D eigenvalue weighted by Gasteiger charge is -1.93. The minimum absolute atomic E-state index is 0.0894. The highest BCUT2D eigenvalue weighted by molar-refractivity contribution is 7.10. The molecule has 0 unspecified atom stereocenters. The summed E-state index contributed by atoms with van der Waals surface area (Å²) in [7, 11) is 0. The molecule has 1 N–H and O–H groups in total. The Hall–Kier alpha value is -0.830. The lowest BCUT2D eigenvalue weighted by Crippen LogP contribution is -2.15. The van der Waals surface area contributed by atoms with E-state index in [-0.39, 0.29) is 5.91 Å². The summed E-state index contributed by atoms with van der Waals surface area (Å²) in [6, 6.07) is 3.80. The van der Waals surface area contributed by atoms with Crippen LogP contribution in [0.5, 0.6) is 0 Å². The van der Waals surface area contributed by atoms with Gasteiger partial charge in [-0.15, -0.1) is 11.3 Å². The Labute approximate surface area is 63.9 Å². The zero-order valence-corrected chi connectivity index (χ0v) is 6.37. The summed E-state index contributed by atoms with van der Waals surface area (Å²) < 4.78 is 0. The Morgan fingerprint density at radius 1 is 1.80 bits per heavy atom. The van der Waals surface area contributed by atoms with Crippen molar-refractivity contribution in [1.82, 2.24) is 5.32 Å². The smallest absolute Gasteiger partial charge is 0.217 e. The summed E-state index contributed by atoms with van der Waals surface area (Å²) in [5.74, 6) is -0.0894. The maximum absolute atomic E-state index is 10.4. The third-order valence-electron chi connectivity index (χ3n) is 0.883. The first-order valence-electron chi connectivity index (χ1n) is 2.85. The van der Waals surface area contributed by atoms with Crippen LogP contribution in [0.15, 0.2) is 17.5 Å². The number of carbonyl (C=O) groups is 1. The minimum atomic E-state index is -0.0894. The van der Waals surface area contributed by atoms with Gasteiger partial charge in [0.15, 0.2) is 0 Å². The molecule has 52 valence electrons. The first-order valence-corrected chi connectivity index (χ1v) is 3.73. The van der Waals surface area contributed by atoms with E-state index in [4.69, 9.17) is 0 Å². The first kappa shape index (κ1) is 7.28. The highest BCUT2D eigenvalue weighted by Gasteiger charge is 1.95. The van der Waals surface area contributed by atoms with E-state index >= 15 is 0 Å². The van der Waals surface area contributed by atoms with Gasteiger partial charge in [0.1, 0.15) is 6.54 Å². The summed E-state index contributed by atoms with van der Waals surface area (Å²) in [5, 5.41) is 4.40. The summed E-state index contributed by atoms with van der Waals surface area (Å²) in [4.78, 5) is 11.3. The van der Waals surface area contributed by atoms with Gasteiger partial charge < -0.3 is 5.32 Å². The second kappa shape index (κ2) is 3.37. The number of nitrogens with one attached hydrogen (secondary N) is 1. The largest absolute Gasteiger partial charge is 0.341 e. The predicted molar refractivity (Wildman–Crippen MR) is 40.5 cm³/mol. The maximum Gasteiger partial charge on any atom is 0.217 e. The third kappa shape index (κ3) is 2.19. The van der Waals surface area contributed by atoms with Crippen LogP contribution >= 0.6 is 11.3 Å². The van der Waals surface area contributed by atoms with E-state index in [2.05, 4.69) is 11.9 Å². The molecule has 0 aliphatic heterocycles. The molecule has 0 fully saturated rings. The monoisotopic (exact) mass is 153 g/mol. The first-order chi connectivity index (χ1) is 4.79. The van der Waals surface area contributed by atoms with Gasteiger partial charge in [-0.1, -0.05) is 6.07 Å². The van der Waals surface area contributed by atoms with Crippen LogP contribution in [-0.2, 0) is 4.79 Å². The van der Waals surface area contributed by atoms with E-state index in [1.165, 1.54) is 18.3 Å². The van der Waals surface area contributed by atoms with Crippen LogP contribution in [-0.4, -0.2) is 5.91 Å². The van der Waals surface area contributed by atoms with Gasteiger partial charge >= 0.3 is 0 Å². The lowest BCUT2D eigenvalue weighted by atomic mass is 10.4. The average Bonchev–Trinajstić information content (AvgIpc) is 2.34. The van der Waals surface area contributed by atoms with Crippen molar-refractivity contribution in [2.45, 2.75) is 6.92 Å². The molecule has 2 radical (unpaired) electrons. The van der Waals surface area contributed by atoms with Gasteiger partial charge in [-0.2, -0.15) is 0 Å². The number of hydrogen-bond donors (Lipinski definition) is 1. The molecule has 3 heteroatoms. The van der Waals surface area contributed by atoms with Gasteiger partial charge in [-0.05, 0) is 11.4 Å². The number of rotatable bonds is 2. The topological polar surface area (TPSA) is 29.1 Å².